The van der Waals surface area contributed by atoms with Gasteiger partial charge in [-0.15, -0.1) is 0 Å². The van der Waals surface area contributed by atoms with Gasteiger partial charge in [-0.3, -0.25) is 0 Å². The first-order valence-corrected chi connectivity index (χ1v) is 27.0. The maximum Gasteiger partial charge on any atom is 0.0642 e. The van der Waals surface area contributed by atoms with Crippen molar-refractivity contribution in [2.45, 2.75) is 0 Å². The average molecular weight is 989 g/mol. The second-order valence-corrected chi connectivity index (χ2v) is 21.3. The van der Waals surface area contributed by atoms with Gasteiger partial charge in [0.2, 0.25) is 0 Å². The Hall–Kier alpha value is -10.4. The second kappa shape index (κ2) is 15.6. The van der Waals surface area contributed by atoms with Gasteiger partial charge in [-0.2, -0.15) is 0 Å². The first-order chi connectivity index (χ1) is 38.7. The number of aromatic nitrogens is 4. The molecule has 18 aromatic rings. The summed E-state index contributed by atoms with van der Waals surface area (Å²) in [7, 11) is 0. The van der Waals surface area contributed by atoms with Gasteiger partial charge in [0.15, 0.2) is 0 Å². The third kappa shape index (κ3) is 5.72. The van der Waals surface area contributed by atoms with E-state index in [4.69, 9.17) is 0 Å². The largest absolute Gasteiger partial charge is 0.309 e. The second-order valence-electron chi connectivity index (χ2n) is 21.3. The molecule has 78 heavy (non-hydrogen) atoms. The fraction of sp³-hybridized carbons (Fsp3) is 0. The van der Waals surface area contributed by atoms with Crippen LogP contribution in [0.5, 0.6) is 0 Å². The van der Waals surface area contributed by atoms with Crippen molar-refractivity contribution in [1.82, 2.24) is 18.1 Å². The summed E-state index contributed by atoms with van der Waals surface area (Å²) < 4.78 is 9.87. The lowest BCUT2D eigenvalue weighted by molar-refractivity contribution is 1.18. The molecule has 0 N–H and O–H groups in total. The molecule has 0 spiro atoms. The molecule has 5 aromatic heterocycles. The van der Waals surface area contributed by atoms with Crippen LogP contribution in [-0.2, 0) is 0 Å². The van der Waals surface area contributed by atoms with Crippen LogP contribution in [0.4, 0.5) is 0 Å². The number of hydrogen-bond donors (Lipinski definition) is 0. The van der Waals surface area contributed by atoms with E-state index in [-0.39, 0.29) is 0 Å². The smallest absolute Gasteiger partial charge is 0.0642 e. The minimum Gasteiger partial charge on any atom is -0.309 e. The van der Waals surface area contributed by atoms with E-state index in [0.717, 1.165) is 5.69 Å². The highest BCUT2D eigenvalue weighted by molar-refractivity contribution is 6.35. The zero-order valence-electron chi connectivity index (χ0n) is 42.2. The summed E-state index contributed by atoms with van der Waals surface area (Å²) in [5.74, 6) is 0. The molecule has 0 aliphatic heterocycles. The van der Waals surface area contributed by atoms with Gasteiger partial charge >= 0.3 is 0 Å². The summed E-state index contributed by atoms with van der Waals surface area (Å²) in [5, 5.41) is 17.5. The third-order valence-electron chi connectivity index (χ3n) is 17.2. The van der Waals surface area contributed by atoms with E-state index in [1.54, 1.807) is 0 Å². The van der Waals surface area contributed by atoms with Crippen LogP contribution in [0, 0.1) is 0 Å². The van der Waals surface area contributed by atoms with E-state index in [2.05, 4.69) is 285 Å². The Morgan fingerprint density at radius 2 is 0.564 bits per heavy atom. The number of rotatable bonds is 5. The predicted molar refractivity (Wildman–Crippen MR) is 330 cm³/mol. The summed E-state index contributed by atoms with van der Waals surface area (Å²) >= 11 is 0. The number of para-hydroxylation sites is 6. The van der Waals surface area contributed by atoms with E-state index < -0.39 is 0 Å². The van der Waals surface area contributed by atoms with Crippen LogP contribution >= 0.6 is 0 Å². The van der Waals surface area contributed by atoms with E-state index in [9.17, 15) is 0 Å². The van der Waals surface area contributed by atoms with Gasteiger partial charge in [0.1, 0.15) is 0 Å². The molecule has 0 fully saturated rings. The highest BCUT2D eigenvalue weighted by Gasteiger charge is 2.26. The molecule has 13 aromatic carbocycles. The first-order valence-electron chi connectivity index (χ1n) is 27.0. The predicted octanol–water partition coefficient (Wildman–Crippen LogP) is 19.8. The lowest BCUT2D eigenvalue weighted by Crippen LogP contribution is -1.93. The van der Waals surface area contributed by atoms with Crippen molar-refractivity contribution in [3.63, 3.8) is 0 Å². The van der Waals surface area contributed by atoms with Crippen LogP contribution < -0.4 is 0 Å². The molecular formula is C74H44N4. The third-order valence-corrected chi connectivity index (χ3v) is 17.2. The Balaban J connectivity index is 0.867. The van der Waals surface area contributed by atoms with Gasteiger partial charge in [0.05, 0.1) is 49.7 Å². The standard InChI is InChI=1S/C74H44N4/c1-4-16-53(17-5-1)75-65-25-13-10-22-56(65)59-38-47(32-34-68(59)75)45-28-30-49-42-70-61(40-51(49)36-45)63-44-62-58-24-12-15-27-67(58)77(55-20-8-3-9-21-55)73(62)72-64-41-52-37-46(29-31-50(52)43-71(64)78(70)74(63)72)48-33-35-69-60(39-48)57-23-11-14-26-66(57)76(69)54-18-6-2-7-19-54/h1-44H. The Bertz CT molecular complexity index is 5540. The topological polar surface area (TPSA) is 19.2 Å². The lowest BCUT2D eigenvalue weighted by Gasteiger charge is -2.10. The van der Waals surface area contributed by atoms with Crippen molar-refractivity contribution in [2.24, 2.45) is 0 Å². The Morgan fingerprint density at radius 1 is 0.192 bits per heavy atom. The van der Waals surface area contributed by atoms with Crippen LogP contribution in [0.3, 0.4) is 0 Å². The fourth-order valence-corrected chi connectivity index (χ4v) is 13.8. The minimum atomic E-state index is 1.16. The molecule has 0 saturated carbocycles. The van der Waals surface area contributed by atoms with Gasteiger partial charge < -0.3 is 18.1 Å². The fourth-order valence-electron chi connectivity index (χ4n) is 13.8. The molecule has 0 saturated heterocycles. The van der Waals surface area contributed by atoms with Crippen molar-refractivity contribution >= 4 is 125 Å². The highest BCUT2D eigenvalue weighted by atomic mass is 15.0. The van der Waals surface area contributed by atoms with Crippen molar-refractivity contribution in [2.75, 3.05) is 0 Å². The number of fused-ring (bicyclic) bond motifs is 18. The molecule has 0 aliphatic rings. The lowest BCUT2D eigenvalue weighted by atomic mass is 9.96. The zero-order valence-corrected chi connectivity index (χ0v) is 42.2. The molecule has 0 atom stereocenters. The molecule has 0 bridgehead atoms. The van der Waals surface area contributed by atoms with E-state index >= 15 is 0 Å². The minimum absolute atomic E-state index is 1.16. The molecule has 0 amide bonds. The number of hydrogen-bond acceptors (Lipinski definition) is 0. The van der Waals surface area contributed by atoms with Crippen molar-refractivity contribution in [3.8, 4) is 39.3 Å². The van der Waals surface area contributed by atoms with Crippen LogP contribution in [0.2, 0.25) is 0 Å². The van der Waals surface area contributed by atoms with E-state index in [1.165, 1.54) is 159 Å². The first kappa shape index (κ1) is 41.9. The highest BCUT2D eigenvalue weighted by Crippen LogP contribution is 2.49. The van der Waals surface area contributed by atoms with Crippen molar-refractivity contribution in [3.05, 3.63) is 267 Å². The van der Waals surface area contributed by atoms with Crippen LogP contribution in [-0.4, -0.2) is 18.1 Å². The number of nitrogens with zero attached hydrogens (tertiary/aromatic N) is 4. The Morgan fingerprint density at radius 3 is 1.09 bits per heavy atom. The van der Waals surface area contributed by atoms with Gasteiger partial charge in [-0.25, -0.2) is 0 Å². The summed E-state index contributed by atoms with van der Waals surface area (Å²) in [5.41, 5.74) is 19.3. The van der Waals surface area contributed by atoms with Gasteiger partial charge in [-0.05, 0) is 165 Å². The number of benzene rings is 13. The Labute approximate surface area is 447 Å². The summed E-state index contributed by atoms with van der Waals surface area (Å²) in [6.07, 6.45) is 0. The zero-order chi connectivity index (χ0) is 50.7. The maximum atomic E-state index is 2.58. The molecule has 0 unspecified atom stereocenters. The molecule has 0 aliphatic carbocycles. The molecule has 0 radical (unpaired) electrons. The molecular weight excluding hydrogens is 945 g/mol. The monoisotopic (exact) mass is 988 g/mol. The quantitative estimate of drug-likeness (QED) is 0.164. The maximum absolute atomic E-state index is 2.58. The normalized spacial score (nSPS) is 12.4. The van der Waals surface area contributed by atoms with Crippen molar-refractivity contribution < 1.29 is 0 Å². The average Bonchev–Trinajstić information content (AvgIpc) is 3.55. The SMILES string of the molecule is c1ccc(-n2c3ccccc3c3cc(-c4ccc5cc6c(cc5c4)c4cc5c7ccccc7n(-c7ccccc7)c5c5c7cc8cc(-c9ccc%10c(c9)c9ccccc9n%10-c9ccccc9)ccc8cc7n6c45)ccc32)cc1. The van der Waals surface area contributed by atoms with E-state index in [0.29, 0.717) is 0 Å². The van der Waals surface area contributed by atoms with Crippen LogP contribution in [0.1, 0.15) is 0 Å². The summed E-state index contributed by atoms with van der Waals surface area (Å²) in [6.45, 7) is 0. The van der Waals surface area contributed by atoms with Gasteiger partial charge in [0, 0.05) is 70.9 Å². The van der Waals surface area contributed by atoms with Crippen LogP contribution in [0.25, 0.3) is 164 Å². The van der Waals surface area contributed by atoms with Crippen LogP contribution in [0.15, 0.2) is 267 Å². The van der Waals surface area contributed by atoms with Gasteiger partial charge in [0.25, 0.3) is 0 Å². The molecule has 18 rings (SSSR count). The molecule has 4 nitrogen and oxygen atoms in total. The Kier molecular flexibility index (Phi) is 8.36. The van der Waals surface area contributed by atoms with Crippen molar-refractivity contribution in [1.29, 1.82) is 0 Å². The van der Waals surface area contributed by atoms with E-state index in [1.807, 2.05) is 0 Å². The molecule has 4 heteroatoms. The van der Waals surface area contributed by atoms with Gasteiger partial charge in [-0.1, -0.05) is 146 Å². The molecule has 360 valence electrons. The summed E-state index contributed by atoms with van der Waals surface area (Å²) in [4.78, 5) is 0. The molecule has 5 heterocycles. The summed E-state index contributed by atoms with van der Waals surface area (Å²) in [6, 6.07) is 99.3.